The van der Waals surface area contributed by atoms with Crippen LogP contribution in [0.5, 0.6) is 0 Å². The average molecular weight is 251 g/mol. The highest BCUT2D eigenvalue weighted by Crippen LogP contribution is 2.37. The standard InChI is InChI=1S/C13H12ClFN2/c1-16-12-7-3-2-4-10(7)17-13-8(14)5-6-9(15)11(12)13/h5-6H,2-4H2,1H3,(H,16,17). The third kappa shape index (κ3) is 1.49. The van der Waals surface area contributed by atoms with E-state index in [1.54, 1.807) is 6.07 Å². The van der Waals surface area contributed by atoms with Gasteiger partial charge >= 0.3 is 0 Å². The highest BCUT2D eigenvalue weighted by atomic mass is 35.5. The molecular weight excluding hydrogens is 239 g/mol. The molecule has 0 saturated heterocycles. The Hall–Kier alpha value is -1.35. The highest BCUT2D eigenvalue weighted by Gasteiger charge is 2.21. The molecule has 1 aliphatic carbocycles. The van der Waals surface area contributed by atoms with E-state index < -0.39 is 0 Å². The summed E-state index contributed by atoms with van der Waals surface area (Å²) in [7, 11) is 1.81. The SMILES string of the molecule is CNc1c2c(nc3c(Cl)ccc(F)c13)CCC2. The molecule has 0 saturated carbocycles. The van der Waals surface area contributed by atoms with Gasteiger partial charge in [0.1, 0.15) is 5.82 Å². The summed E-state index contributed by atoms with van der Waals surface area (Å²) in [5.74, 6) is -0.268. The predicted molar refractivity (Wildman–Crippen MR) is 68.3 cm³/mol. The minimum absolute atomic E-state index is 0.268. The molecule has 1 N–H and O–H groups in total. The van der Waals surface area contributed by atoms with Crippen LogP contribution in [-0.4, -0.2) is 12.0 Å². The zero-order chi connectivity index (χ0) is 12.0. The Labute approximate surface area is 104 Å². The zero-order valence-electron chi connectivity index (χ0n) is 9.48. The first-order valence-electron chi connectivity index (χ1n) is 5.69. The van der Waals surface area contributed by atoms with Gasteiger partial charge in [-0.1, -0.05) is 11.6 Å². The van der Waals surface area contributed by atoms with Crippen molar-refractivity contribution in [3.63, 3.8) is 0 Å². The molecule has 1 heterocycles. The van der Waals surface area contributed by atoms with Gasteiger partial charge in [0.2, 0.25) is 0 Å². The number of rotatable bonds is 1. The van der Waals surface area contributed by atoms with Crippen LogP contribution < -0.4 is 5.32 Å². The zero-order valence-corrected chi connectivity index (χ0v) is 10.2. The maximum absolute atomic E-state index is 13.9. The summed E-state index contributed by atoms with van der Waals surface area (Å²) in [6.07, 6.45) is 2.99. The lowest BCUT2D eigenvalue weighted by atomic mass is 10.1. The van der Waals surface area contributed by atoms with Gasteiger partial charge in [0.25, 0.3) is 0 Å². The molecule has 2 nitrogen and oxygen atoms in total. The van der Waals surface area contributed by atoms with E-state index >= 15 is 0 Å². The van der Waals surface area contributed by atoms with Gasteiger partial charge < -0.3 is 5.32 Å². The van der Waals surface area contributed by atoms with Crippen molar-refractivity contribution in [3.05, 3.63) is 34.2 Å². The number of aryl methyl sites for hydroxylation is 1. The van der Waals surface area contributed by atoms with E-state index in [4.69, 9.17) is 11.6 Å². The number of aromatic nitrogens is 1. The monoisotopic (exact) mass is 250 g/mol. The Morgan fingerprint density at radius 3 is 2.94 bits per heavy atom. The molecule has 0 unspecified atom stereocenters. The van der Waals surface area contributed by atoms with E-state index in [1.165, 1.54) is 6.07 Å². The molecule has 0 amide bonds. The molecule has 0 radical (unpaired) electrons. The first-order valence-corrected chi connectivity index (χ1v) is 6.07. The Morgan fingerprint density at radius 2 is 2.18 bits per heavy atom. The summed E-state index contributed by atoms with van der Waals surface area (Å²) >= 11 is 6.10. The number of nitrogens with one attached hydrogen (secondary N) is 1. The normalized spacial score (nSPS) is 14.1. The first kappa shape index (κ1) is 10.8. The van der Waals surface area contributed by atoms with Crippen molar-refractivity contribution in [3.8, 4) is 0 Å². The van der Waals surface area contributed by atoms with Gasteiger partial charge in [-0.2, -0.15) is 0 Å². The second kappa shape index (κ2) is 3.84. The Bertz CT molecular complexity index is 610. The van der Waals surface area contributed by atoms with E-state index in [-0.39, 0.29) is 5.82 Å². The first-order chi connectivity index (χ1) is 8.22. The molecule has 0 aliphatic heterocycles. The van der Waals surface area contributed by atoms with Gasteiger partial charge in [-0.05, 0) is 37.0 Å². The summed E-state index contributed by atoms with van der Waals surface area (Å²) < 4.78 is 13.9. The van der Waals surface area contributed by atoms with Crippen LogP contribution >= 0.6 is 11.6 Å². The van der Waals surface area contributed by atoms with Gasteiger partial charge in [-0.3, -0.25) is 4.98 Å². The summed E-state index contributed by atoms with van der Waals surface area (Å²) in [5, 5.41) is 4.12. The molecule has 1 aromatic heterocycles. The lowest BCUT2D eigenvalue weighted by molar-refractivity contribution is 0.639. The van der Waals surface area contributed by atoms with Crippen molar-refractivity contribution < 1.29 is 4.39 Å². The van der Waals surface area contributed by atoms with Crippen LogP contribution in [0.1, 0.15) is 17.7 Å². The summed E-state index contributed by atoms with van der Waals surface area (Å²) in [5.41, 5.74) is 3.61. The minimum atomic E-state index is -0.268. The van der Waals surface area contributed by atoms with Crippen LogP contribution in [0, 0.1) is 5.82 Å². The maximum Gasteiger partial charge on any atom is 0.134 e. The quantitative estimate of drug-likeness (QED) is 0.837. The summed E-state index contributed by atoms with van der Waals surface area (Å²) in [4.78, 5) is 4.51. The van der Waals surface area contributed by atoms with Crippen LogP contribution in [-0.2, 0) is 12.8 Å². The largest absolute Gasteiger partial charge is 0.387 e. The molecule has 3 rings (SSSR count). The van der Waals surface area contributed by atoms with Gasteiger partial charge in [-0.15, -0.1) is 0 Å². The fraction of sp³-hybridized carbons (Fsp3) is 0.308. The van der Waals surface area contributed by atoms with E-state index in [9.17, 15) is 4.39 Å². The molecule has 1 aromatic carbocycles. The number of halogens is 2. The number of hydrogen-bond acceptors (Lipinski definition) is 2. The molecule has 0 spiro atoms. The van der Waals surface area contributed by atoms with Gasteiger partial charge in [0.05, 0.1) is 21.6 Å². The molecule has 0 fully saturated rings. The maximum atomic E-state index is 13.9. The van der Waals surface area contributed by atoms with Crippen molar-refractivity contribution >= 4 is 28.2 Å². The Balaban J connectivity index is 2.49. The predicted octanol–water partition coefficient (Wildman–Crippen LogP) is 3.56. The fourth-order valence-corrected chi connectivity index (χ4v) is 2.77. The fourth-order valence-electron chi connectivity index (χ4n) is 2.57. The van der Waals surface area contributed by atoms with E-state index in [0.717, 1.165) is 36.2 Å². The minimum Gasteiger partial charge on any atom is -0.387 e. The van der Waals surface area contributed by atoms with Crippen molar-refractivity contribution in [1.29, 1.82) is 0 Å². The molecule has 0 atom stereocenters. The Kier molecular flexibility index (Phi) is 2.44. The number of nitrogens with zero attached hydrogens (tertiary/aromatic N) is 1. The van der Waals surface area contributed by atoms with Crippen LogP contribution in [0.3, 0.4) is 0 Å². The van der Waals surface area contributed by atoms with Crippen LogP contribution in [0.4, 0.5) is 10.1 Å². The van der Waals surface area contributed by atoms with Gasteiger partial charge in [0, 0.05) is 12.7 Å². The molecule has 17 heavy (non-hydrogen) atoms. The number of pyridine rings is 1. The number of benzene rings is 1. The second-order valence-electron chi connectivity index (χ2n) is 4.27. The average Bonchev–Trinajstić information content (AvgIpc) is 2.79. The third-order valence-electron chi connectivity index (χ3n) is 3.32. The van der Waals surface area contributed by atoms with Crippen molar-refractivity contribution in [2.24, 2.45) is 0 Å². The number of fused-ring (bicyclic) bond motifs is 2. The van der Waals surface area contributed by atoms with Crippen LogP contribution in [0.15, 0.2) is 12.1 Å². The second-order valence-corrected chi connectivity index (χ2v) is 4.68. The molecule has 0 bridgehead atoms. The van der Waals surface area contributed by atoms with Gasteiger partial charge in [-0.25, -0.2) is 4.39 Å². The van der Waals surface area contributed by atoms with Crippen LogP contribution in [0.25, 0.3) is 10.9 Å². The van der Waals surface area contributed by atoms with E-state index in [1.807, 2.05) is 7.05 Å². The van der Waals surface area contributed by atoms with E-state index in [2.05, 4.69) is 10.3 Å². The highest BCUT2D eigenvalue weighted by molar-refractivity contribution is 6.35. The smallest absolute Gasteiger partial charge is 0.134 e. The summed E-state index contributed by atoms with van der Waals surface area (Å²) in [6, 6.07) is 2.96. The molecular formula is C13H12ClFN2. The molecule has 1 aliphatic rings. The molecule has 2 aromatic rings. The number of anilines is 1. The number of hydrogen-bond donors (Lipinski definition) is 1. The van der Waals surface area contributed by atoms with Crippen molar-refractivity contribution in [2.75, 3.05) is 12.4 Å². The van der Waals surface area contributed by atoms with Gasteiger partial charge in [0.15, 0.2) is 0 Å². The summed E-state index contributed by atoms with van der Waals surface area (Å²) in [6.45, 7) is 0. The topological polar surface area (TPSA) is 24.9 Å². The lowest BCUT2D eigenvalue weighted by Crippen LogP contribution is -2.01. The lowest BCUT2D eigenvalue weighted by Gasteiger charge is -2.13. The van der Waals surface area contributed by atoms with Crippen molar-refractivity contribution in [1.82, 2.24) is 4.98 Å². The third-order valence-corrected chi connectivity index (χ3v) is 3.62. The molecule has 88 valence electrons. The molecule has 4 heteroatoms. The Morgan fingerprint density at radius 1 is 1.35 bits per heavy atom. The van der Waals surface area contributed by atoms with E-state index in [0.29, 0.717) is 15.9 Å². The van der Waals surface area contributed by atoms with Crippen molar-refractivity contribution in [2.45, 2.75) is 19.3 Å². The van der Waals surface area contributed by atoms with Crippen LogP contribution in [0.2, 0.25) is 5.02 Å².